The van der Waals surface area contributed by atoms with Crippen molar-refractivity contribution < 1.29 is 17.9 Å². The van der Waals surface area contributed by atoms with Crippen molar-refractivity contribution in [3.63, 3.8) is 0 Å². The predicted octanol–water partition coefficient (Wildman–Crippen LogP) is 1.27. The maximum atomic E-state index is 12.5. The summed E-state index contributed by atoms with van der Waals surface area (Å²) in [6.07, 6.45) is 0.507. The van der Waals surface area contributed by atoms with Gasteiger partial charge in [-0.2, -0.15) is 5.10 Å². The summed E-state index contributed by atoms with van der Waals surface area (Å²) < 4.78 is 39.5. The van der Waals surface area contributed by atoms with Crippen molar-refractivity contribution in [3.05, 3.63) is 35.7 Å². The Morgan fingerprint density at radius 3 is 2.52 bits per heavy atom. The van der Waals surface area contributed by atoms with Crippen LogP contribution in [0.1, 0.15) is 11.4 Å². The van der Waals surface area contributed by atoms with Crippen molar-refractivity contribution >= 4 is 10.0 Å². The molecule has 0 unspecified atom stereocenters. The van der Waals surface area contributed by atoms with E-state index < -0.39 is 10.0 Å². The SMILES string of the molecule is COc1ccc(OC)c(S(=O)(=O)NCCc2cc(C)n(C)n2)c1. The maximum absolute atomic E-state index is 12.5. The van der Waals surface area contributed by atoms with E-state index in [4.69, 9.17) is 9.47 Å². The Bertz CT molecular complexity index is 765. The lowest BCUT2D eigenvalue weighted by molar-refractivity contribution is 0.392. The minimum atomic E-state index is -3.70. The first-order valence-electron chi connectivity index (χ1n) is 7.08. The van der Waals surface area contributed by atoms with Gasteiger partial charge in [0.25, 0.3) is 0 Å². The van der Waals surface area contributed by atoms with Crippen LogP contribution in [0.3, 0.4) is 0 Å². The second-order valence-corrected chi connectivity index (χ2v) is 6.80. The summed E-state index contributed by atoms with van der Waals surface area (Å²) in [5.41, 5.74) is 1.86. The zero-order chi connectivity index (χ0) is 17.0. The molecular weight excluding hydrogens is 318 g/mol. The third-order valence-corrected chi connectivity index (χ3v) is 4.98. The molecule has 0 fully saturated rings. The van der Waals surface area contributed by atoms with Gasteiger partial charge in [0, 0.05) is 31.8 Å². The Balaban J connectivity index is 2.12. The van der Waals surface area contributed by atoms with Gasteiger partial charge in [-0.15, -0.1) is 0 Å². The number of aryl methyl sites for hydroxylation is 2. The number of sulfonamides is 1. The average molecular weight is 339 g/mol. The van der Waals surface area contributed by atoms with Crippen LogP contribution in [0.5, 0.6) is 11.5 Å². The number of rotatable bonds is 7. The molecule has 126 valence electrons. The van der Waals surface area contributed by atoms with E-state index in [-0.39, 0.29) is 17.2 Å². The summed E-state index contributed by atoms with van der Waals surface area (Å²) in [4.78, 5) is 0.0524. The molecule has 0 aliphatic rings. The predicted molar refractivity (Wildman–Crippen MR) is 86.4 cm³/mol. The van der Waals surface area contributed by atoms with Crippen LogP contribution in [0.25, 0.3) is 0 Å². The first-order chi connectivity index (χ1) is 10.9. The molecule has 8 heteroatoms. The van der Waals surface area contributed by atoms with Crippen LogP contribution in [-0.2, 0) is 23.5 Å². The lowest BCUT2D eigenvalue weighted by atomic mass is 10.3. The first kappa shape index (κ1) is 17.3. The summed E-state index contributed by atoms with van der Waals surface area (Å²) >= 11 is 0. The quantitative estimate of drug-likeness (QED) is 0.821. The van der Waals surface area contributed by atoms with E-state index in [0.717, 1.165) is 11.4 Å². The Hall–Kier alpha value is -2.06. The third kappa shape index (κ3) is 4.02. The zero-order valence-corrected chi connectivity index (χ0v) is 14.5. The summed E-state index contributed by atoms with van der Waals surface area (Å²) in [5.74, 6) is 0.721. The minimum Gasteiger partial charge on any atom is -0.497 e. The molecule has 1 heterocycles. The number of benzene rings is 1. The largest absolute Gasteiger partial charge is 0.497 e. The fourth-order valence-electron chi connectivity index (χ4n) is 2.14. The van der Waals surface area contributed by atoms with Crippen LogP contribution < -0.4 is 14.2 Å². The van der Waals surface area contributed by atoms with Gasteiger partial charge >= 0.3 is 0 Å². The van der Waals surface area contributed by atoms with E-state index in [1.165, 1.54) is 20.3 Å². The number of hydrogen-bond acceptors (Lipinski definition) is 5. The molecule has 0 saturated heterocycles. The molecule has 0 spiro atoms. The van der Waals surface area contributed by atoms with Crippen molar-refractivity contribution in [2.75, 3.05) is 20.8 Å². The van der Waals surface area contributed by atoms with Crippen molar-refractivity contribution in [1.29, 1.82) is 0 Å². The smallest absolute Gasteiger partial charge is 0.244 e. The molecule has 2 rings (SSSR count). The van der Waals surface area contributed by atoms with Crippen molar-refractivity contribution in [3.8, 4) is 11.5 Å². The van der Waals surface area contributed by atoms with Gasteiger partial charge in [0.1, 0.15) is 16.4 Å². The molecular formula is C15H21N3O4S. The fourth-order valence-corrected chi connectivity index (χ4v) is 3.36. The molecule has 0 amide bonds. The second-order valence-electron chi connectivity index (χ2n) is 5.07. The summed E-state index contributed by atoms with van der Waals surface area (Å²) in [6, 6.07) is 6.58. The number of nitrogens with zero attached hydrogens (tertiary/aromatic N) is 2. The fraction of sp³-hybridized carbons (Fsp3) is 0.400. The van der Waals surface area contributed by atoms with Gasteiger partial charge in [0.2, 0.25) is 10.0 Å². The van der Waals surface area contributed by atoms with Gasteiger partial charge in [-0.05, 0) is 25.1 Å². The summed E-state index contributed by atoms with van der Waals surface area (Å²) in [7, 11) is 1.06. The van der Waals surface area contributed by atoms with Crippen LogP contribution in [0.4, 0.5) is 0 Å². The Labute approximate surface area is 136 Å². The van der Waals surface area contributed by atoms with E-state index >= 15 is 0 Å². The second kappa shape index (κ2) is 7.01. The third-order valence-electron chi connectivity index (χ3n) is 3.50. The Kier molecular flexibility index (Phi) is 5.27. The maximum Gasteiger partial charge on any atom is 0.244 e. The van der Waals surface area contributed by atoms with Crippen molar-refractivity contribution in [1.82, 2.24) is 14.5 Å². The normalized spacial score (nSPS) is 11.5. The topological polar surface area (TPSA) is 82.5 Å². The van der Waals surface area contributed by atoms with Crippen LogP contribution >= 0.6 is 0 Å². The van der Waals surface area contributed by atoms with Crippen LogP contribution in [0, 0.1) is 6.92 Å². The standard InChI is InChI=1S/C15H21N3O4S/c1-11-9-12(17-18(11)2)7-8-16-23(19,20)15-10-13(21-3)5-6-14(15)22-4/h5-6,9-10,16H,7-8H2,1-4H3. The average Bonchev–Trinajstić information content (AvgIpc) is 2.84. The van der Waals surface area contributed by atoms with E-state index in [1.807, 2.05) is 20.0 Å². The minimum absolute atomic E-state index is 0.0524. The van der Waals surface area contributed by atoms with E-state index in [9.17, 15) is 8.42 Å². The van der Waals surface area contributed by atoms with Gasteiger partial charge in [-0.3, -0.25) is 4.68 Å². The molecule has 23 heavy (non-hydrogen) atoms. The molecule has 0 saturated carbocycles. The van der Waals surface area contributed by atoms with Crippen LogP contribution in [0.15, 0.2) is 29.2 Å². The number of ether oxygens (including phenoxy) is 2. The van der Waals surface area contributed by atoms with Crippen molar-refractivity contribution in [2.45, 2.75) is 18.2 Å². The molecule has 0 aliphatic carbocycles. The molecule has 1 aromatic heterocycles. The zero-order valence-electron chi connectivity index (χ0n) is 13.7. The van der Waals surface area contributed by atoms with E-state index in [0.29, 0.717) is 12.2 Å². The highest BCUT2D eigenvalue weighted by Crippen LogP contribution is 2.27. The lowest BCUT2D eigenvalue weighted by Crippen LogP contribution is -2.26. The van der Waals surface area contributed by atoms with Gasteiger partial charge in [-0.1, -0.05) is 0 Å². The van der Waals surface area contributed by atoms with Gasteiger partial charge in [0.15, 0.2) is 0 Å². The lowest BCUT2D eigenvalue weighted by Gasteiger charge is -2.11. The van der Waals surface area contributed by atoms with Gasteiger partial charge < -0.3 is 9.47 Å². The molecule has 0 bridgehead atoms. The Morgan fingerprint density at radius 2 is 1.96 bits per heavy atom. The summed E-state index contributed by atoms with van der Waals surface area (Å²) in [6.45, 7) is 2.20. The summed E-state index contributed by atoms with van der Waals surface area (Å²) in [5, 5.41) is 4.30. The van der Waals surface area contributed by atoms with E-state index in [1.54, 1.807) is 16.8 Å². The van der Waals surface area contributed by atoms with Gasteiger partial charge in [0.05, 0.1) is 19.9 Å². The molecule has 1 N–H and O–H groups in total. The van der Waals surface area contributed by atoms with Crippen molar-refractivity contribution in [2.24, 2.45) is 7.05 Å². The number of nitrogens with one attached hydrogen (secondary N) is 1. The van der Waals surface area contributed by atoms with E-state index in [2.05, 4.69) is 9.82 Å². The number of hydrogen-bond donors (Lipinski definition) is 1. The first-order valence-corrected chi connectivity index (χ1v) is 8.57. The Morgan fingerprint density at radius 1 is 1.22 bits per heavy atom. The van der Waals surface area contributed by atoms with Gasteiger partial charge in [-0.25, -0.2) is 13.1 Å². The molecule has 2 aromatic rings. The number of methoxy groups -OCH3 is 2. The molecule has 0 radical (unpaired) electrons. The highest BCUT2D eigenvalue weighted by atomic mass is 32.2. The van der Waals surface area contributed by atoms with Crippen LogP contribution in [-0.4, -0.2) is 39.0 Å². The molecule has 1 aromatic carbocycles. The monoisotopic (exact) mass is 339 g/mol. The van der Waals surface area contributed by atoms with Crippen LogP contribution in [0.2, 0.25) is 0 Å². The molecule has 0 atom stereocenters. The molecule has 7 nitrogen and oxygen atoms in total. The highest BCUT2D eigenvalue weighted by molar-refractivity contribution is 7.89. The number of aromatic nitrogens is 2. The highest BCUT2D eigenvalue weighted by Gasteiger charge is 2.20. The molecule has 0 aliphatic heterocycles.